The van der Waals surface area contributed by atoms with Gasteiger partial charge in [-0.05, 0) is 51.5 Å². The number of methoxy groups -OCH3 is 1. The van der Waals surface area contributed by atoms with Crippen LogP contribution < -0.4 is 32.1 Å². The van der Waals surface area contributed by atoms with Crippen molar-refractivity contribution in [3.8, 4) is 0 Å². The van der Waals surface area contributed by atoms with E-state index in [4.69, 9.17) is 15.2 Å². The zero-order valence-electron chi connectivity index (χ0n) is 26.8. The third-order valence-electron chi connectivity index (χ3n) is 6.30. The van der Waals surface area contributed by atoms with E-state index in [-0.39, 0.29) is 60.0 Å². The van der Waals surface area contributed by atoms with Gasteiger partial charge >= 0.3 is 24.1 Å². The number of fused-ring (bicyclic) bond motifs is 1. The molecule has 0 aliphatic heterocycles. The Hall–Kier alpha value is -5.82. The van der Waals surface area contributed by atoms with Crippen molar-refractivity contribution < 1.29 is 46.6 Å². The minimum absolute atomic E-state index is 0.0611. The van der Waals surface area contributed by atoms with Crippen molar-refractivity contribution in [3.63, 3.8) is 0 Å². The van der Waals surface area contributed by atoms with Crippen molar-refractivity contribution in [2.45, 2.75) is 58.0 Å². The van der Waals surface area contributed by atoms with Gasteiger partial charge in [0.2, 0.25) is 11.9 Å². The number of nitrogens with two attached hydrogens (primary N) is 1. The van der Waals surface area contributed by atoms with Crippen LogP contribution in [-0.2, 0) is 30.4 Å². The molecule has 0 fully saturated rings. The molecule has 0 radical (unpaired) electrons. The second-order valence-corrected chi connectivity index (χ2v) is 11.3. The molecule has 6 N–H and O–H groups in total. The highest BCUT2D eigenvalue weighted by Crippen LogP contribution is 2.26. The van der Waals surface area contributed by atoms with E-state index < -0.39 is 59.7 Å². The normalized spacial score (nSPS) is 12.1. The van der Waals surface area contributed by atoms with Gasteiger partial charge < -0.3 is 31.2 Å². The largest absolute Gasteiger partial charge is 0.471 e. The molecular formula is C29H34F3N9O8. The number of aromatic nitrogens is 4. The molecular weight excluding hydrogens is 659 g/mol. The van der Waals surface area contributed by atoms with Gasteiger partial charge in [0.25, 0.3) is 11.5 Å². The van der Waals surface area contributed by atoms with Crippen LogP contribution in [-0.4, -0.2) is 87.7 Å². The van der Waals surface area contributed by atoms with Gasteiger partial charge in [0.1, 0.15) is 11.6 Å². The van der Waals surface area contributed by atoms with Crippen molar-refractivity contribution in [1.82, 2.24) is 35.9 Å². The van der Waals surface area contributed by atoms with E-state index in [1.165, 1.54) is 0 Å². The Morgan fingerprint density at radius 3 is 2.29 bits per heavy atom. The number of hydrogen-bond donors (Lipinski definition) is 5. The van der Waals surface area contributed by atoms with Crippen LogP contribution in [0.4, 0.5) is 29.6 Å². The summed E-state index contributed by atoms with van der Waals surface area (Å²) in [5, 5.41) is 7.43. The first-order chi connectivity index (χ1) is 22.9. The number of nitrogens with one attached hydrogen (secondary N) is 4. The highest BCUT2D eigenvalue weighted by Gasteiger charge is 2.43. The lowest BCUT2D eigenvalue weighted by molar-refractivity contribution is -0.170. The maximum absolute atomic E-state index is 13.5. The van der Waals surface area contributed by atoms with Gasteiger partial charge in [-0.1, -0.05) is 0 Å². The molecule has 3 rings (SSSR count). The number of benzene rings is 1. The summed E-state index contributed by atoms with van der Waals surface area (Å²) in [7, 11) is 1.08. The van der Waals surface area contributed by atoms with E-state index >= 15 is 0 Å². The predicted octanol–water partition coefficient (Wildman–Crippen LogP) is 1.08. The average molecular weight is 694 g/mol. The number of alkyl halides is 3. The summed E-state index contributed by atoms with van der Waals surface area (Å²) in [6, 6.07) is 3.08. The number of nitrogen functional groups attached to an aromatic ring is 1. The molecule has 264 valence electrons. The predicted molar refractivity (Wildman–Crippen MR) is 166 cm³/mol. The smallest absolute Gasteiger partial charge is 0.467 e. The molecule has 0 spiro atoms. The lowest BCUT2D eigenvalue weighted by Gasteiger charge is -2.24. The van der Waals surface area contributed by atoms with Crippen molar-refractivity contribution in [2.75, 3.05) is 30.8 Å². The first kappa shape index (κ1) is 37.6. The number of hydrogen-bond acceptors (Lipinski definition) is 12. The van der Waals surface area contributed by atoms with Gasteiger partial charge in [-0.15, -0.1) is 0 Å². The Labute approximate surface area is 276 Å². The van der Waals surface area contributed by atoms with Gasteiger partial charge in [0.05, 0.1) is 25.5 Å². The number of alkyl carbamates (subject to hydrolysis) is 1. The highest BCUT2D eigenvalue weighted by molar-refractivity contribution is 5.99. The lowest BCUT2D eigenvalue weighted by atomic mass is 10.1. The van der Waals surface area contributed by atoms with Crippen molar-refractivity contribution in [1.29, 1.82) is 0 Å². The number of aromatic amines is 1. The lowest BCUT2D eigenvalue weighted by Crippen LogP contribution is -2.43. The van der Waals surface area contributed by atoms with Gasteiger partial charge in [-0.3, -0.25) is 29.1 Å². The topological polar surface area (TPSA) is 241 Å². The second-order valence-electron chi connectivity index (χ2n) is 11.3. The first-order valence-corrected chi connectivity index (χ1v) is 14.5. The number of carbonyl (C=O) groups excluding carboxylic acids is 5. The van der Waals surface area contributed by atoms with Gasteiger partial charge in [-0.2, -0.15) is 18.2 Å². The maximum atomic E-state index is 13.5. The molecule has 1 unspecified atom stereocenters. The number of carbonyl (C=O) groups is 5. The summed E-state index contributed by atoms with van der Waals surface area (Å²) in [5.74, 6) is -4.69. The molecule has 0 aliphatic carbocycles. The van der Waals surface area contributed by atoms with Gasteiger partial charge in [0.15, 0.2) is 11.2 Å². The van der Waals surface area contributed by atoms with E-state index in [0.717, 1.165) is 37.6 Å². The summed E-state index contributed by atoms with van der Waals surface area (Å²) in [4.78, 5) is 87.9. The fourth-order valence-corrected chi connectivity index (χ4v) is 4.11. The minimum atomic E-state index is -5.30. The molecule has 0 saturated carbocycles. The molecule has 0 saturated heterocycles. The van der Waals surface area contributed by atoms with E-state index in [0.29, 0.717) is 4.90 Å². The van der Waals surface area contributed by atoms with Crippen LogP contribution in [0.25, 0.3) is 11.2 Å². The van der Waals surface area contributed by atoms with Crippen LogP contribution in [0.1, 0.15) is 49.7 Å². The Morgan fingerprint density at radius 1 is 1.02 bits per heavy atom. The summed E-state index contributed by atoms with van der Waals surface area (Å²) < 4.78 is 50.4. The number of H-pyrrole nitrogens is 1. The quantitative estimate of drug-likeness (QED) is 0.132. The molecule has 20 heteroatoms. The van der Waals surface area contributed by atoms with Crippen LogP contribution in [0.2, 0.25) is 0 Å². The third kappa shape index (κ3) is 11.1. The molecule has 0 bridgehead atoms. The fourth-order valence-electron chi connectivity index (χ4n) is 4.11. The average Bonchev–Trinajstić information content (AvgIpc) is 3.02. The summed E-state index contributed by atoms with van der Waals surface area (Å²) in [6.45, 7) is 4.45. The van der Waals surface area contributed by atoms with Crippen molar-refractivity contribution in [3.05, 3.63) is 52.1 Å². The number of nitrogens with zero attached hydrogens (tertiary/aromatic N) is 4. The van der Waals surface area contributed by atoms with Gasteiger partial charge in [-0.25, -0.2) is 19.6 Å². The number of amides is 4. The fraction of sp³-hybridized carbons (Fsp3) is 0.414. The maximum Gasteiger partial charge on any atom is 0.471 e. The second kappa shape index (κ2) is 15.8. The number of anilines is 2. The molecule has 1 aromatic carbocycles. The molecule has 49 heavy (non-hydrogen) atoms. The monoisotopic (exact) mass is 693 g/mol. The van der Waals surface area contributed by atoms with Crippen LogP contribution >= 0.6 is 0 Å². The van der Waals surface area contributed by atoms with Crippen LogP contribution in [0.5, 0.6) is 0 Å². The molecule has 3 aromatic rings. The Morgan fingerprint density at radius 2 is 1.67 bits per heavy atom. The van der Waals surface area contributed by atoms with E-state index in [2.05, 4.69) is 35.9 Å². The molecule has 4 amide bonds. The van der Waals surface area contributed by atoms with Gasteiger partial charge in [0, 0.05) is 30.8 Å². The zero-order chi connectivity index (χ0) is 36.5. The third-order valence-corrected chi connectivity index (χ3v) is 6.30. The molecule has 0 aliphatic rings. The van der Waals surface area contributed by atoms with E-state index in [1.807, 2.05) is 0 Å². The zero-order valence-corrected chi connectivity index (χ0v) is 26.8. The molecule has 17 nitrogen and oxygen atoms in total. The standard InChI is InChI=1S/C29H34F3N9O8/c1-28(2,3)49-27(47)35-12-11-34-19(42)10-9-18(24(45)48-4)38-22(43)15-5-7-17(8-6-15)41(25(46)29(30,31)32)14-16-13-36-21-20(37-16)23(44)40-26(33)39-21/h5-8,13,18H,9-12,14H2,1-4H3,(H,34,42)(H,35,47)(H,38,43)(H3,33,36,39,40,44). The Bertz CT molecular complexity index is 1760. The van der Waals surface area contributed by atoms with Crippen molar-refractivity contribution >= 4 is 52.6 Å². The summed E-state index contributed by atoms with van der Waals surface area (Å²) in [5.41, 5.74) is 2.93. The summed E-state index contributed by atoms with van der Waals surface area (Å²) in [6.07, 6.45) is -5.33. The van der Waals surface area contributed by atoms with E-state index in [1.54, 1.807) is 20.8 Å². The minimum Gasteiger partial charge on any atom is -0.467 e. The van der Waals surface area contributed by atoms with Crippen molar-refractivity contribution in [2.24, 2.45) is 0 Å². The van der Waals surface area contributed by atoms with Crippen LogP contribution in [0, 0.1) is 0 Å². The van der Waals surface area contributed by atoms with E-state index in [9.17, 15) is 41.9 Å². The Kier molecular flexibility index (Phi) is 12.2. The number of rotatable bonds is 12. The molecule has 1 atom stereocenters. The van der Waals surface area contributed by atoms with Crippen LogP contribution in [0.3, 0.4) is 0 Å². The van der Waals surface area contributed by atoms with Crippen LogP contribution in [0.15, 0.2) is 35.3 Å². The molecule has 2 aromatic heterocycles. The number of esters is 1. The summed E-state index contributed by atoms with van der Waals surface area (Å²) >= 11 is 0. The SMILES string of the molecule is COC(=O)C(CCC(=O)NCCNC(=O)OC(C)(C)C)NC(=O)c1ccc(N(Cc2cnc3nc(N)[nH]c(=O)c3n2)C(=O)C(F)(F)F)cc1. The highest BCUT2D eigenvalue weighted by atomic mass is 19.4. The number of halogens is 3. The first-order valence-electron chi connectivity index (χ1n) is 14.5. The number of ether oxygens (including phenoxy) is 2. The molecule has 2 heterocycles. The Balaban J connectivity index is 1.67.